The average Bonchev–Trinajstić information content (AvgIpc) is 2.33. The van der Waals surface area contributed by atoms with Gasteiger partial charge in [0.15, 0.2) is 5.82 Å². The molecule has 0 aliphatic heterocycles. The molecule has 2 aromatic rings. The minimum absolute atomic E-state index is 0.407. The Balaban J connectivity index is 2.55. The molecule has 0 aliphatic carbocycles. The van der Waals surface area contributed by atoms with Crippen molar-refractivity contribution >= 4 is 37.7 Å². The van der Waals surface area contributed by atoms with E-state index in [1.807, 2.05) is 18.2 Å². The first-order valence-corrected chi connectivity index (χ1v) is 6.32. The summed E-state index contributed by atoms with van der Waals surface area (Å²) in [6.45, 7) is 0. The quantitative estimate of drug-likeness (QED) is 0.894. The van der Waals surface area contributed by atoms with Crippen LogP contribution in [0.1, 0.15) is 0 Å². The lowest BCUT2D eigenvalue weighted by Crippen LogP contribution is -1.97. The number of aromatic nitrogens is 2. The second-order valence-corrected chi connectivity index (χ2v) is 4.98. The Labute approximate surface area is 115 Å². The number of hydrogen-bond donors (Lipinski definition) is 1. The van der Waals surface area contributed by atoms with E-state index in [0.29, 0.717) is 16.1 Å². The maximum Gasteiger partial charge on any atom is 0.162 e. The summed E-state index contributed by atoms with van der Waals surface area (Å²) in [6, 6.07) is 5.60. The number of nitrogen functional groups attached to an aromatic ring is 1. The standard InChI is InChI=1S/C11H9Br2N3O/c1-17-6-2-3-8(12)7(4-6)11-15-5-9(13)10(14)16-11/h2-5H,1H3,(H2,14,15,16). The van der Waals surface area contributed by atoms with Crippen LogP contribution >= 0.6 is 31.9 Å². The summed E-state index contributed by atoms with van der Waals surface area (Å²) in [6.07, 6.45) is 1.63. The third kappa shape index (κ3) is 2.58. The predicted molar refractivity (Wildman–Crippen MR) is 73.8 cm³/mol. The highest BCUT2D eigenvalue weighted by Crippen LogP contribution is 2.30. The van der Waals surface area contributed by atoms with Gasteiger partial charge in [-0.1, -0.05) is 15.9 Å². The van der Waals surface area contributed by atoms with Gasteiger partial charge in [0.2, 0.25) is 0 Å². The van der Waals surface area contributed by atoms with Gasteiger partial charge in [-0.2, -0.15) is 0 Å². The molecule has 1 aromatic heterocycles. The second kappa shape index (κ2) is 5.01. The Morgan fingerprint density at radius 2 is 2.00 bits per heavy atom. The molecule has 6 heteroatoms. The molecule has 88 valence electrons. The van der Waals surface area contributed by atoms with Crippen molar-refractivity contribution in [1.29, 1.82) is 0 Å². The molecule has 2 rings (SSSR count). The average molecular weight is 359 g/mol. The third-order valence-corrected chi connectivity index (χ3v) is 3.49. The van der Waals surface area contributed by atoms with Crippen molar-refractivity contribution < 1.29 is 4.74 Å². The van der Waals surface area contributed by atoms with Gasteiger partial charge in [0, 0.05) is 16.2 Å². The molecular formula is C11H9Br2N3O. The Kier molecular flexibility index (Phi) is 3.63. The minimum Gasteiger partial charge on any atom is -0.497 e. The molecule has 0 radical (unpaired) electrons. The maximum absolute atomic E-state index is 5.73. The number of anilines is 1. The van der Waals surface area contributed by atoms with Gasteiger partial charge in [0.05, 0.1) is 11.6 Å². The van der Waals surface area contributed by atoms with Crippen LogP contribution in [0.2, 0.25) is 0 Å². The number of methoxy groups -OCH3 is 1. The summed E-state index contributed by atoms with van der Waals surface area (Å²) in [4.78, 5) is 8.44. The predicted octanol–water partition coefficient (Wildman–Crippen LogP) is 3.26. The summed E-state index contributed by atoms with van der Waals surface area (Å²) in [7, 11) is 1.61. The van der Waals surface area contributed by atoms with Crippen LogP contribution in [0.15, 0.2) is 33.3 Å². The van der Waals surface area contributed by atoms with Crippen LogP contribution in [0.3, 0.4) is 0 Å². The van der Waals surface area contributed by atoms with E-state index >= 15 is 0 Å². The first-order chi connectivity index (χ1) is 8.11. The topological polar surface area (TPSA) is 61.0 Å². The van der Waals surface area contributed by atoms with Gasteiger partial charge in [-0.3, -0.25) is 0 Å². The van der Waals surface area contributed by atoms with E-state index in [4.69, 9.17) is 10.5 Å². The summed E-state index contributed by atoms with van der Waals surface area (Å²) in [5, 5.41) is 0. The van der Waals surface area contributed by atoms with Crippen LogP contribution in [0, 0.1) is 0 Å². The zero-order chi connectivity index (χ0) is 12.4. The van der Waals surface area contributed by atoms with Crippen molar-refractivity contribution in [3.8, 4) is 17.1 Å². The summed E-state index contributed by atoms with van der Waals surface area (Å²) < 4.78 is 6.74. The van der Waals surface area contributed by atoms with Crippen LogP contribution in [-0.4, -0.2) is 17.1 Å². The summed E-state index contributed by atoms with van der Waals surface area (Å²) in [5.41, 5.74) is 6.57. The van der Waals surface area contributed by atoms with Crippen LogP contribution in [0.4, 0.5) is 5.82 Å². The van der Waals surface area contributed by atoms with E-state index in [1.54, 1.807) is 13.3 Å². The Morgan fingerprint density at radius 1 is 1.24 bits per heavy atom. The zero-order valence-corrected chi connectivity index (χ0v) is 12.1. The molecule has 0 aliphatic rings. The van der Waals surface area contributed by atoms with Crippen molar-refractivity contribution in [3.05, 3.63) is 33.3 Å². The lowest BCUT2D eigenvalue weighted by atomic mass is 10.2. The van der Waals surface area contributed by atoms with Crippen molar-refractivity contribution in [2.75, 3.05) is 12.8 Å². The first-order valence-electron chi connectivity index (χ1n) is 4.73. The molecule has 1 heterocycles. The number of nitrogens with zero attached hydrogens (tertiary/aromatic N) is 2. The largest absolute Gasteiger partial charge is 0.497 e. The molecule has 17 heavy (non-hydrogen) atoms. The van der Waals surface area contributed by atoms with Crippen LogP contribution in [-0.2, 0) is 0 Å². The number of nitrogens with two attached hydrogens (primary N) is 1. The Hall–Kier alpha value is -1.14. The van der Waals surface area contributed by atoms with Crippen molar-refractivity contribution in [3.63, 3.8) is 0 Å². The van der Waals surface area contributed by atoms with Gasteiger partial charge >= 0.3 is 0 Å². The lowest BCUT2D eigenvalue weighted by Gasteiger charge is -2.07. The molecule has 0 saturated heterocycles. The number of halogens is 2. The zero-order valence-electron chi connectivity index (χ0n) is 8.95. The SMILES string of the molecule is COc1ccc(Br)c(-c2ncc(Br)c(N)n2)c1. The fraction of sp³-hybridized carbons (Fsp3) is 0.0909. The van der Waals surface area contributed by atoms with Gasteiger partial charge in [-0.25, -0.2) is 9.97 Å². The van der Waals surface area contributed by atoms with Gasteiger partial charge in [0.1, 0.15) is 11.6 Å². The molecule has 0 bridgehead atoms. The fourth-order valence-corrected chi connectivity index (χ4v) is 1.93. The first kappa shape index (κ1) is 12.3. The van der Waals surface area contributed by atoms with Crippen LogP contribution < -0.4 is 10.5 Å². The minimum atomic E-state index is 0.407. The number of hydrogen-bond acceptors (Lipinski definition) is 4. The highest BCUT2D eigenvalue weighted by atomic mass is 79.9. The van der Waals surface area contributed by atoms with Crippen LogP contribution in [0.5, 0.6) is 5.75 Å². The molecule has 0 amide bonds. The van der Waals surface area contributed by atoms with E-state index in [0.717, 1.165) is 15.8 Å². The van der Waals surface area contributed by atoms with Crippen molar-refractivity contribution in [1.82, 2.24) is 9.97 Å². The third-order valence-electron chi connectivity index (χ3n) is 2.19. The molecule has 0 fully saturated rings. The summed E-state index contributed by atoms with van der Waals surface area (Å²) >= 11 is 6.71. The monoisotopic (exact) mass is 357 g/mol. The van der Waals surface area contributed by atoms with E-state index in [1.165, 1.54) is 0 Å². The molecule has 0 saturated carbocycles. The normalized spacial score (nSPS) is 10.3. The van der Waals surface area contributed by atoms with Gasteiger partial charge < -0.3 is 10.5 Å². The summed E-state index contributed by atoms with van der Waals surface area (Å²) in [5.74, 6) is 1.70. The molecule has 4 nitrogen and oxygen atoms in total. The smallest absolute Gasteiger partial charge is 0.162 e. The Morgan fingerprint density at radius 3 is 2.65 bits per heavy atom. The lowest BCUT2D eigenvalue weighted by molar-refractivity contribution is 0.415. The van der Waals surface area contributed by atoms with Gasteiger partial charge in [-0.05, 0) is 34.1 Å². The van der Waals surface area contributed by atoms with Crippen molar-refractivity contribution in [2.24, 2.45) is 0 Å². The number of ether oxygens (including phenoxy) is 1. The molecular weight excluding hydrogens is 350 g/mol. The van der Waals surface area contributed by atoms with E-state index in [2.05, 4.69) is 41.8 Å². The molecule has 0 unspecified atom stereocenters. The maximum atomic E-state index is 5.73. The molecule has 2 N–H and O–H groups in total. The van der Waals surface area contributed by atoms with Gasteiger partial charge in [-0.15, -0.1) is 0 Å². The van der Waals surface area contributed by atoms with Crippen LogP contribution in [0.25, 0.3) is 11.4 Å². The Bertz CT molecular complexity index is 560. The number of benzene rings is 1. The van der Waals surface area contributed by atoms with E-state index in [-0.39, 0.29) is 0 Å². The van der Waals surface area contributed by atoms with E-state index < -0.39 is 0 Å². The second-order valence-electron chi connectivity index (χ2n) is 3.27. The fourth-order valence-electron chi connectivity index (χ4n) is 1.31. The highest BCUT2D eigenvalue weighted by Gasteiger charge is 2.09. The highest BCUT2D eigenvalue weighted by molar-refractivity contribution is 9.11. The molecule has 1 aromatic carbocycles. The van der Waals surface area contributed by atoms with Crippen molar-refractivity contribution in [2.45, 2.75) is 0 Å². The van der Waals surface area contributed by atoms with Gasteiger partial charge in [0.25, 0.3) is 0 Å². The molecule has 0 atom stereocenters. The molecule has 0 spiro atoms. The number of rotatable bonds is 2. The van der Waals surface area contributed by atoms with E-state index in [9.17, 15) is 0 Å².